The Balaban J connectivity index is 1.63. The van der Waals surface area contributed by atoms with Crippen molar-refractivity contribution in [3.8, 4) is 11.1 Å². The van der Waals surface area contributed by atoms with Gasteiger partial charge in [0.05, 0.1) is 22.7 Å². The Morgan fingerprint density at radius 2 is 1.69 bits per heavy atom. The van der Waals surface area contributed by atoms with Crippen LogP contribution in [0, 0.1) is 10.1 Å². The number of nitro groups is 1. The molecule has 0 aliphatic rings. The van der Waals surface area contributed by atoms with E-state index in [1.165, 1.54) is 18.2 Å². The van der Waals surface area contributed by atoms with Crippen LogP contribution < -0.4 is 10.6 Å². The standard InChI is InChI=1S/C26H19F3N4O3/c27-26(28,29)18-9-11-21(17-6-2-1-3-7-17)22(14-18)25(34)32-19-10-12-23(24(15-19)33(35)36)31-16-20-8-4-5-13-30-20/h1-15,31H,16H2,(H,32,34). The maximum Gasteiger partial charge on any atom is 0.416 e. The van der Waals surface area contributed by atoms with Crippen molar-refractivity contribution in [2.45, 2.75) is 12.7 Å². The molecule has 0 unspecified atom stereocenters. The van der Waals surface area contributed by atoms with Crippen LogP contribution in [-0.2, 0) is 12.7 Å². The molecule has 2 N–H and O–H groups in total. The predicted octanol–water partition coefficient (Wildman–Crippen LogP) is 6.54. The number of nitro benzene ring substituents is 1. The first-order valence-corrected chi connectivity index (χ1v) is 10.7. The van der Waals surface area contributed by atoms with Crippen molar-refractivity contribution in [3.05, 3.63) is 118 Å². The van der Waals surface area contributed by atoms with E-state index in [0.29, 0.717) is 16.8 Å². The molecule has 7 nitrogen and oxygen atoms in total. The molecule has 0 saturated carbocycles. The van der Waals surface area contributed by atoms with E-state index in [2.05, 4.69) is 15.6 Å². The Kier molecular flexibility index (Phi) is 6.95. The highest BCUT2D eigenvalue weighted by Crippen LogP contribution is 2.34. The molecule has 1 aromatic heterocycles. The van der Waals surface area contributed by atoms with Crippen LogP contribution >= 0.6 is 0 Å². The molecule has 0 radical (unpaired) electrons. The van der Waals surface area contributed by atoms with Gasteiger partial charge in [0.25, 0.3) is 11.6 Å². The summed E-state index contributed by atoms with van der Waals surface area (Å²) in [7, 11) is 0. The van der Waals surface area contributed by atoms with Crippen molar-refractivity contribution < 1.29 is 22.9 Å². The van der Waals surface area contributed by atoms with Gasteiger partial charge in [-0.3, -0.25) is 19.9 Å². The summed E-state index contributed by atoms with van der Waals surface area (Å²) in [5, 5.41) is 17.1. The fourth-order valence-electron chi connectivity index (χ4n) is 3.57. The Hall–Kier alpha value is -4.73. The molecule has 4 aromatic rings. The number of carbonyl (C=O) groups excluding carboxylic acids is 1. The van der Waals surface area contributed by atoms with E-state index in [-0.39, 0.29) is 29.2 Å². The lowest BCUT2D eigenvalue weighted by Crippen LogP contribution is -2.16. The number of benzene rings is 3. The van der Waals surface area contributed by atoms with E-state index >= 15 is 0 Å². The highest BCUT2D eigenvalue weighted by molar-refractivity contribution is 6.09. The SMILES string of the molecule is O=C(Nc1ccc(NCc2ccccn2)c([N+](=O)[O-])c1)c1cc(C(F)(F)F)ccc1-c1ccccc1. The van der Waals surface area contributed by atoms with Gasteiger partial charge < -0.3 is 10.6 Å². The number of halogens is 3. The van der Waals surface area contributed by atoms with Crippen molar-refractivity contribution in [1.82, 2.24) is 4.98 Å². The minimum absolute atomic E-state index is 0.0616. The lowest BCUT2D eigenvalue weighted by Gasteiger charge is -2.14. The van der Waals surface area contributed by atoms with Crippen LogP contribution in [0.3, 0.4) is 0 Å². The third-order valence-corrected chi connectivity index (χ3v) is 5.31. The molecule has 3 aromatic carbocycles. The first-order chi connectivity index (χ1) is 17.2. The molecule has 0 aliphatic heterocycles. The van der Waals surface area contributed by atoms with Crippen LogP contribution in [0.5, 0.6) is 0 Å². The molecule has 36 heavy (non-hydrogen) atoms. The summed E-state index contributed by atoms with van der Waals surface area (Å²) in [5.41, 5.74) is 0.279. The number of hydrogen-bond acceptors (Lipinski definition) is 5. The molecule has 1 amide bonds. The van der Waals surface area contributed by atoms with E-state index in [1.54, 1.807) is 54.7 Å². The zero-order chi connectivity index (χ0) is 25.7. The average Bonchev–Trinajstić information content (AvgIpc) is 2.88. The van der Waals surface area contributed by atoms with Gasteiger partial charge in [0.2, 0.25) is 0 Å². The van der Waals surface area contributed by atoms with Crippen LogP contribution in [0.2, 0.25) is 0 Å². The van der Waals surface area contributed by atoms with Crippen molar-refractivity contribution >= 4 is 23.0 Å². The van der Waals surface area contributed by atoms with Gasteiger partial charge in [-0.2, -0.15) is 13.2 Å². The smallest absolute Gasteiger partial charge is 0.374 e. The quantitative estimate of drug-likeness (QED) is 0.226. The molecule has 0 spiro atoms. The minimum atomic E-state index is -4.65. The fourth-order valence-corrected chi connectivity index (χ4v) is 3.57. The molecule has 0 atom stereocenters. The molecule has 4 rings (SSSR count). The van der Waals surface area contributed by atoms with Crippen LogP contribution in [0.4, 0.5) is 30.2 Å². The summed E-state index contributed by atoms with van der Waals surface area (Å²) in [5.74, 6) is -0.830. The lowest BCUT2D eigenvalue weighted by molar-refractivity contribution is -0.383. The lowest BCUT2D eigenvalue weighted by atomic mass is 9.96. The van der Waals surface area contributed by atoms with Gasteiger partial charge in [0.15, 0.2) is 0 Å². The van der Waals surface area contributed by atoms with Crippen LogP contribution in [0.15, 0.2) is 91.1 Å². The summed E-state index contributed by atoms with van der Waals surface area (Å²) in [6.45, 7) is 0.234. The maximum absolute atomic E-state index is 13.4. The third-order valence-electron chi connectivity index (χ3n) is 5.31. The number of amides is 1. The van der Waals surface area contributed by atoms with Gasteiger partial charge in [0, 0.05) is 23.5 Å². The number of pyridine rings is 1. The van der Waals surface area contributed by atoms with Gasteiger partial charge in [-0.25, -0.2) is 0 Å². The summed E-state index contributed by atoms with van der Waals surface area (Å²) in [6, 6.07) is 20.7. The van der Waals surface area contributed by atoms with Crippen molar-refractivity contribution in [2.24, 2.45) is 0 Å². The Morgan fingerprint density at radius 3 is 2.36 bits per heavy atom. The number of rotatable bonds is 7. The minimum Gasteiger partial charge on any atom is -0.374 e. The van der Waals surface area contributed by atoms with Crippen molar-refractivity contribution in [2.75, 3.05) is 10.6 Å². The second-order valence-electron chi connectivity index (χ2n) is 7.74. The first kappa shape index (κ1) is 24.4. The number of carbonyl (C=O) groups is 1. The Labute approximate surface area is 203 Å². The van der Waals surface area contributed by atoms with Crippen LogP contribution in [-0.4, -0.2) is 15.8 Å². The van der Waals surface area contributed by atoms with E-state index in [1.807, 2.05) is 0 Å². The van der Waals surface area contributed by atoms with Gasteiger partial charge in [0.1, 0.15) is 5.69 Å². The molecule has 0 saturated heterocycles. The van der Waals surface area contributed by atoms with E-state index in [4.69, 9.17) is 0 Å². The molecular weight excluding hydrogens is 473 g/mol. The fraction of sp³-hybridized carbons (Fsp3) is 0.0769. The Morgan fingerprint density at radius 1 is 0.944 bits per heavy atom. The molecule has 0 bridgehead atoms. The largest absolute Gasteiger partial charge is 0.416 e. The molecule has 10 heteroatoms. The normalized spacial score (nSPS) is 11.1. The molecule has 0 fully saturated rings. The Bertz CT molecular complexity index is 1390. The number of aromatic nitrogens is 1. The summed E-state index contributed by atoms with van der Waals surface area (Å²) in [4.78, 5) is 28.3. The zero-order valence-electron chi connectivity index (χ0n) is 18.6. The second kappa shape index (κ2) is 10.3. The summed E-state index contributed by atoms with van der Waals surface area (Å²) in [6.07, 6.45) is -3.05. The molecule has 0 aliphatic carbocycles. The number of alkyl halides is 3. The van der Waals surface area contributed by atoms with Crippen LogP contribution in [0.1, 0.15) is 21.6 Å². The van der Waals surface area contributed by atoms with E-state index in [0.717, 1.165) is 18.2 Å². The second-order valence-corrected chi connectivity index (χ2v) is 7.74. The summed E-state index contributed by atoms with van der Waals surface area (Å²) < 4.78 is 40.1. The highest BCUT2D eigenvalue weighted by Gasteiger charge is 2.32. The number of nitrogens with one attached hydrogen (secondary N) is 2. The van der Waals surface area contributed by atoms with Gasteiger partial charge in [-0.15, -0.1) is 0 Å². The zero-order valence-corrected chi connectivity index (χ0v) is 18.6. The molecule has 1 heterocycles. The van der Waals surface area contributed by atoms with Crippen molar-refractivity contribution in [1.29, 1.82) is 0 Å². The average molecular weight is 492 g/mol. The molecular formula is C26H19F3N4O3. The van der Waals surface area contributed by atoms with E-state index in [9.17, 15) is 28.1 Å². The first-order valence-electron chi connectivity index (χ1n) is 10.7. The topological polar surface area (TPSA) is 97.2 Å². The predicted molar refractivity (Wildman–Crippen MR) is 129 cm³/mol. The third kappa shape index (κ3) is 5.66. The monoisotopic (exact) mass is 492 g/mol. The number of nitrogens with zero attached hydrogens (tertiary/aromatic N) is 2. The van der Waals surface area contributed by atoms with Gasteiger partial charge in [-0.1, -0.05) is 42.5 Å². The van der Waals surface area contributed by atoms with Gasteiger partial charge >= 0.3 is 6.18 Å². The van der Waals surface area contributed by atoms with Crippen molar-refractivity contribution in [3.63, 3.8) is 0 Å². The number of hydrogen-bond donors (Lipinski definition) is 2. The summed E-state index contributed by atoms with van der Waals surface area (Å²) >= 11 is 0. The van der Waals surface area contributed by atoms with Crippen LogP contribution in [0.25, 0.3) is 11.1 Å². The molecule has 182 valence electrons. The maximum atomic E-state index is 13.4. The number of anilines is 2. The van der Waals surface area contributed by atoms with Gasteiger partial charge in [-0.05, 0) is 47.5 Å². The highest BCUT2D eigenvalue weighted by atomic mass is 19.4. The van der Waals surface area contributed by atoms with E-state index < -0.39 is 22.6 Å².